The fraction of sp³-hybridized carbons (Fsp3) is 0. The maximum atomic E-state index is 5.28. The number of hydrogen-bond donors (Lipinski definition) is 0. The molecule has 0 spiro atoms. The van der Waals surface area contributed by atoms with Gasteiger partial charge in [0.25, 0.3) is 0 Å². The molecule has 166 valence electrons. The summed E-state index contributed by atoms with van der Waals surface area (Å²) < 4.78 is 0. The molecular weight excluding hydrogens is 476 g/mol. The Hall–Kier alpha value is -3.31. The Morgan fingerprint density at radius 1 is 0.471 bits per heavy atom. The van der Waals surface area contributed by atoms with Crippen LogP contribution in [0.3, 0.4) is 0 Å². The Morgan fingerprint density at radius 2 is 1.06 bits per heavy atom. The molecule has 0 unspecified atom stereocenters. The molecule has 34 heavy (non-hydrogen) atoms. The zero-order valence-electron chi connectivity index (χ0n) is 18.4. The largest absolute Gasteiger partial charge is 0.247 e. The summed E-state index contributed by atoms with van der Waals surface area (Å²) in [4.78, 5) is 5.28. The average Bonchev–Trinajstić information content (AvgIpc) is 2.90. The van der Waals surface area contributed by atoms with Crippen molar-refractivity contribution in [3.8, 4) is 11.3 Å². The summed E-state index contributed by atoms with van der Waals surface area (Å²) in [6.45, 7) is 0. The van der Waals surface area contributed by atoms with Crippen LogP contribution < -0.4 is 15.9 Å². The molecule has 1 heterocycles. The van der Waals surface area contributed by atoms with Crippen molar-refractivity contribution in [1.29, 1.82) is 0 Å². The standard InChI is InChI=1S/C31H22NP.Ni/c1-3-14-25(15-4-1)33(26-16-5-2-6-17-26)30-20-10-13-24-21-22-29(32-31(24)30)28-19-9-12-23-11-7-8-18-27(23)28;/h1-22H;. The van der Waals surface area contributed by atoms with E-state index in [9.17, 15) is 0 Å². The third kappa shape index (κ3) is 4.16. The predicted molar refractivity (Wildman–Crippen MR) is 143 cm³/mol. The van der Waals surface area contributed by atoms with Crippen molar-refractivity contribution >= 4 is 45.5 Å². The molecule has 0 aliphatic heterocycles. The fourth-order valence-corrected chi connectivity index (χ4v) is 6.91. The number of aromatic nitrogens is 1. The zero-order valence-corrected chi connectivity index (χ0v) is 20.3. The van der Waals surface area contributed by atoms with E-state index in [0.717, 1.165) is 11.2 Å². The molecule has 0 aliphatic carbocycles. The van der Waals surface area contributed by atoms with Gasteiger partial charge in [0, 0.05) is 32.7 Å². The van der Waals surface area contributed by atoms with Crippen molar-refractivity contribution in [3.05, 3.63) is 133 Å². The molecule has 0 saturated heterocycles. The first kappa shape index (κ1) is 22.5. The van der Waals surface area contributed by atoms with Gasteiger partial charge in [-0.25, -0.2) is 4.98 Å². The molecule has 0 atom stereocenters. The van der Waals surface area contributed by atoms with E-state index in [2.05, 4.69) is 133 Å². The molecule has 1 aromatic heterocycles. The van der Waals surface area contributed by atoms with E-state index < -0.39 is 7.92 Å². The summed E-state index contributed by atoms with van der Waals surface area (Å²) in [7, 11) is -0.724. The first-order valence-corrected chi connectivity index (χ1v) is 12.5. The predicted octanol–water partition coefficient (Wildman–Crippen LogP) is 6.81. The van der Waals surface area contributed by atoms with Gasteiger partial charge in [0.1, 0.15) is 0 Å². The normalized spacial score (nSPS) is 11.0. The van der Waals surface area contributed by atoms with Gasteiger partial charge in [-0.15, -0.1) is 0 Å². The van der Waals surface area contributed by atoms with Crippen LogP contribution in [0.15, 0.2) is 133 Å². The first-order chi connectivity index (χ1) is 16.4. The molecule has 0 amide bonds. The summed E-state index contributed by atoms with van der Waals surface area (Å²) in [5.41, 5.74) is 3.28. The smallest absolute Gasteiger partial charge is 0.0792 e. The van der Waals surface area contributed by atoms with E-state index in [-0.39, 0.29) is 16.5 Å². The number of benzene rings is 5. The van der Waals surface area contributed by atoms with Crippen molar-refractivity contribution in [1.82, 2.24) is 4.98 Å². The number of para-hydroxylation sites is 1. The van der Waals surface area contributed by atoms with Gasteiger partial charge in [0.05, 0.1) is 11.2 Å². The van der Waals surface area contributed by atoms with Gasteiger partial charge >= 0.3 is 0 Å². The van der Waals surface area contributed by atoms with Crippen LogP contribution in [0.1, 0.15) is 0 Å². The molecule has 5 aromatic carbocycles. The summed E-state index contributed by atoms with van der Waals surface area (Å²) in [5.74, 6) is 0. The van der Waals surface area contributed by atoms with E-state index in [1.165, 1.54) is 37.6 Å². The maximum Gasteiger partial charge on any atom is 0.0792 e. The van der Waals surface area contributed by atoms with Crippen LogP contribution in [0.4, 0.5) is 0 Å². The molecule has 1 nitrogen and oxygen atoms in total. The number of hydrogen-bond acceptors (Lipinski definition) is 1. The minimum absolute atomic E-state index is 0. The van der Waals surface area contributed by atoms with Crippen LogP contribution in [0.2, 0.25) is 0 Å². The van der Waals surface area contributed by atoms with Crippen molar-refractivity contribution < 1.29 is 16.5 Å². The zero-order chi connectivity index (χ0) is 22.0. The molecule has 0 fully saturated rings. The van der Waals surface area contributed by atoms with Gasteiger partial charge in [0.15, 0.2) is 0 Å². The Bertz CT molecular complexity index is 1520. The minimum Gasteiger partial charge on any atom is -0.247 e. The van der Waals surface area contributed by atoms with Crippen molar-refractivity contribution in [3.63, 3.8) is 0 Å². The van der Waals surface area contributed by atoms with Crippen molar-refractivity contribution in [2.24, 2.45) is 0 Å². The molecule has 6 rings (SSSR count). The monoisotopic (exact) mass is 497 g/mol. The fourth-order valence-electron chi connectivity index (χ4n) is 4.49. The van der Waals surface area contributed by atoms with Crippen molar-refractivity contribution in [2.75, 3.05) is 0 Å². The van der Waals surface area contributed by atoms with Gasteiger partial charge in [-0.2, -0.15) is 0 Å². The maximum absolute atomic E-state index is 5.28. The Labute approximate surface area is 211 Å². The van der Waals surface area contributed by atoms with E-state index in [1.807, 2.05) is 0 Å². The number of pyridine rings is 1. The van der Waals surface area contributed by atoms with E-state index in [0.29, 0.717) is 0 Å². The van der Waals surface area contributed by atoms with Crippen LogP contribution in [0, 0.1) is 0 Å². The second kappa shape index (κ2) is 9.90. The summed E-state index contributed by atoms with van der Waals surface area (Å²) in [6, 6.07) is 47.6. The minimum atomic E-state index is -0.724. The molecule has 0 aliphatic rings. The molecule has 0 radical (unpaired) electrons. The second-order valence-corrected chi connectivity index (χ2v) is 10.3. The van der Waals surface area contributed by atoms with Gasteiger partial charge in [0.2, 0.25) is 0 Å². The van der Waals surface area contributed by atoms with Crippen LogP contribution in [-0.4, -0.2) is 4.98 Å². The molecular formula is C31H22NNiP. The third-order valence-corrected chi connectivity index (χ3v) is 8.51. The quantitative estimate of drug-likeness (QED) is 0.192. The Morgan fingerprint density at radius 3 is 1.79 bits per heavy atom. The average molecular weight is 498 g/mol. The number of nitrogens with zero attached hydrogens (tertiary/aromatic N) is 1. The van der Waals surface area contributed by atoms with Crippen LogP contribution >= 0.6 is 7.92 Å². The van der Waals surface area contributed by atoms with E-state index >= 15 is 0 Å². The van der Waals surface area contributed by atoms with Crippen LogP contribution in [0.5, 0.6) is 0 Å². The number of rotatable bonds is 4. The van der Waals surface area contributed by atoms with Crippen LogP contribution in [0.25, 0.3) is 32.9 Å². The van der Waals surface area contributed by atoms with Gasteiger partial charge in [-0.05, 0) is 35.4 Å². The molecule has 3 heteroatoms. The summed E-state index contributed by atoms with van der Waals surface area (Å²) >= 11 is 0. The van der Waals surface area contributed by atoms with Gasteiger partial charge < -0.3 is 0 Å². The Kier molecular flexibility index (Phi) is 6.55. The van der Waals surface area contributed by atoms with Crippen molar-refractivity contribution in [2.45, 2.75) is 0 Å². The third-order valence-electron chi connectivity index (χ3n) is 6.03. The van der Waals surface area contributed by atoms with Crippen LogP contribution in [-0.2, 0) is 16.5 Å². The first-order valence-electron chi connectivity index (χ1n) is 11.2. The number of fused-ring (bicyclic) bond motifs is 2. The van der Waals surface area contributed by atoms with Gasteiger partial charge in [-0.3, -0.25) is 0 Å². The topological polar surface area (TPSA) is 12.9 Å². The summed E-state index contributed by atoms with van der Waals surface area (Å²) in [5, 5.41) is 7.61. The second-order valence-electron chi connectivity index (χ2n) is 8.08. The SMILES string of the molecule is [Ni].c1ccc(P(c2ccccc2)c2cccc3ccc(-c4cccc5ccccc45)nc23)cc1. The molecule has 0 saturated carbocycles. The summed E-state index contributed by atoms with van der Waals surface area (Å²) in [6.07, 6.45) is 0. The van der Waals surface area contributed by atoms with Gasteiger partial charge in [-0.1, -0.05) is 127 Å². The molecule has 0 bridgehead atoms. The van der Waals surface area contributed by atoms with E-state index in [1.54, 1.807) is 0 Å². The molecule has 0 N–H and O–H groups in total. The Balaban J connectivity index is 0.00000241. The van der Waals surface area contributed by atoms with E-state index in [4.69, 9.17) is 4.98 Å². The molecule has 6 aromatic rings.